The van der Waals surface area contributed by atoms with Gasteiger partial charge in [-0.25, -0.2) is 0 Å². The molecule has 2 aliphatic rings. The number of rotatable bonds is 2. The van der Waals surface area contributed by atoms with Crippen LogP contribution in [0.2, 0.25) is 0 Å². The smallest absolute Gasteiger partial charge is 0.127 e. The van der Waals surface area contributed by atoms with Gasteiger partial charge in [0.25, 0.3) is 0 Å². The zero-order valence-electron chi connectivity index (χ0n) is 9.65. The van der Waals surface area contributed by atoms with Gasteiger partial charge in [0, 0.05) is 12.0 Å². The molecule has 3 unspecified atom stereocenters. The van der Waals surface area contributed by atoms with Gasteiger partial charge in [0.2, 0.25) is 0 Å². The van der Waals surface area contributed by atoms with E-state index in [1.807, 2.05) is 6.92 Å². The average molecular weight is 237 g/mol. The summed E-state index contributed by atoms with van der Waals surface area (Å²) in [5.41, 5.74) is 8.16. The lowest BCUT2D eigenvalue weighted by atomic mass is 9.87. The fourth-order valence-corrected chi connectivity index (χ4v) is 2.38. The Hall–Kier alpha value is -0.860. The Morgan fingerprint density at radius 3 is 2.94 bits per heavy atom. The molecule has 86 valence electrons. The monoisotopic (exact) mass is 236 g/mol. The molecule has 0 aromatic heterocycles. The average Bonchev–Trinajstić information content (AvgIpc) is 2.19. The van der Waals surface area contributed by atoms with Crippen LogP contribution in [-0.4, -0.2) is 17.3 Å². The lowest BCUT2D eigenvalue weighted by molar-refractivity contribution is 0.655. The molecule has 3 heteroatoms. The standard InChI is InChI=1S/C13H17ClN2/c1-8-3-4-12-10(5-8)7-11(6-9(2)15)13(14)16-12/h3-5,7,9-10,12H,6,15H2,1-2H3. The van der Waals surface area contributed by atoms with Crippen molar-refractivity contribution in [3.8, 4) is 0 Å². The van der Waals surface area contributed by atoms with Gasteiger partial charge in [-0.3, -0.25) is 4.99 Å². The maximum absolute atomic E-state index is 6.15. The van der Waals surface area contributed by atoms with E-state index < -0.39 is 0 Å². The highest BCUT2D eigenvalue weighted by atomic mass is 35.5. The fraction of sp³-hybridized carbons (Fsp3) is 0.462. The summed E-state index contributed by atoms with van der Waals surface area (Å²) in [7, 11) is 0. The highest BCUT2D eigenvalue weighted by Crippen LogP contribution is 2.29. The molecule has 0 saturated heterocycles. The number of nitrogens with zero attached hydrogens (tertiary/aromatic N) is 1. The normalized spacial score (nSPS) is 30.1. The van der Waals surface area contributed by atoms with Crippen molar-refractivity contribution in [2.75, 3.05) is 0 Å². The molecular weight excluding hydrogens is 220 g/mol. The predicted octanol–water partition coefficient (Wildman–Crippen LogP) is 2.80. The van der Waals surface area contributed by atoms with Crippen LogP contribution in [0.5, 0.6) is 0 Å². The molecule has 16 heavy (non-hydrogen) atoms. The minimum atomic E-state index is 0.121. The zero-order chi connectivity index (χ0) is 11.7. The minimum absolute atomic E-state index is 0.121. The van der Waals surface area contributed by atoms with Crippen LogP contribution in [0.1, 0.15) is 20.3 Å². The first-order chi connectivity index (χ1) is 7.56. The van der Waals surface area contributed by atoms with Crippen molar-refractivity contribution < 1.29 is 0 Å². The molecule has 2 N–H and O–H groups in total. The van der Waals surface area contributed by atoms with Gasteiger partial charge in [0.1, 0.15) is 5.17 Å². The first-order valence-electron chi connectivity index (χ1n) is 5.63. The van der Waals surface area contributed by atoms with Crippen LogP contribution in [0.3, 0.4) is 0 Å². The van der Waals surface area contributed by atoms with Crippen molar-refractivity contribution in [1.29, 1.82) is 0 Å². The lowest BCUT2D eigenvalue weighted by Crippen LogP contribution is -2.25. The molecule has 0 amide bonds. The third-order valence-electron chi connectivity index (χ3n) is 2.87. The van der Waals surface area contributed by atoms with Crippen LogP contribution in [0.15, 0.2) is 40.4 Å². The maximum atomic E-state index is 6.15. The van der Waals surface area contributed by atoms with E-state index in [0.29, 0.717) is 11.1 Å². The SMILES string of the molecule is CC1=CC2C=C(CC(C)N)C(Cl)=NC2C=C1. The molecule has 0 spiro atoms. The van der Waals surface area contributed by atoms with Crippen LogP contribution < -0.4 is 5.73 Å². The minimum Gasteiger partial charge on any atom is -0.328 e. The first kappa shape index (κ1) is 11.6. The van der Waals surface area contributed by atoms with Crippen molar-refractivity contribution in [3.05, 3.63) is 35.5 Å². The molecule has 0 radical (unpaired) electrons. The molecule has 2 nitrogen and oxygen atoms in total. The third kappa shape index (κ3) is 2.45. The number of hydrogen-bond acceptors (Lipinski definition) is 2. The molecule has 0 aromatic rings. The number of hydrogen-bond donors (Lipinski definition) is 1. The van der Waals surface area contributed by atoms with Gasteiger partial charge < -0.3 is 5.73 Å². The molecule has 1 heterocycles. The third-order valence-corrected chi connectivity index (χ3v) is 3.21. The molecule has 3 atom stereocenters. The Labute approximate surface area is 102 Å². The van der Waals surface area contributed by atoms with Crippen molar-refractivity contribution in [3.63, 3.8) is 0 Å². The highest BCUT2D eigenvalue weighted by Gasteiger charge is 2.24. The molecule has 1 aliphatic carbocycles. The van der Waals surface area contributed by atoms with E-state index in [1.165, 1.54) is 5.57 Å². The van der Waals surface area contributed by atoms with Crippen molar-refractivity contribution >= 4 is 16.8 Å². The Balaban J connectivity index is 2.23. The summed E-state index contributed by atoms with van der Waals surface area (Å²) in [5.74, 6) is 0.348. The second kappa shape index (κ2) is 4.56. The van der Waals surface area contributed by atoms with Gasteiger partial charge in [0.15, 0.2) is 0 Å². The van der Waals surface area contributed by atoms with E-state index >= 15 is 0 Å². The molecule has 0 aromatic carbocycles. The molecule has 2 rings (SSSR count). The highest BCUT2D eigenvalue weighted by molar-refractivity contribution is 6.69. The maximum Gasteiger partial charge on any atom is 0.127 e. The lowest BCUT2D eigenvalue weighted by Gasteiger charge is -2.26. The number of fused-ring (bicyclic) bond motifs is 1. The Morgan fingerprint density at radius 1 is 1.50 bits per heavy atom. The van der Waals surface area contributed by atoms with Crippen molar-refractivity contribution in [1.82, 2.24) is 0 Å². The summed E-state index contributed by atoms with van der Waals surface area (Å²) in [4.78, 5) is 4.50. The van der Waals surface area contributed by atoms with E-state index in [1.54, 1.807) is 0 Å². The number of dihydropyridines is 1. The molecular formula is C13H17ClN2. The van der Waals surface area contributed by atoms with Crippen LogP contribution in [-0.2, 0) is 0 Å². The summed E-state index contributed by atoms with van der Waals surface area (Å²) in [5, 5.41) is 0.621. The van der Waals surface area contributed by atoms with Crippen molar-refractivity contribution in [2.24, 2.45) is 16.6 Å². The van der Waals surface area contributed by atoms with Gasteiger partial charge in [-0.15, -0.1) is 0 Å². The Morgan fingerprint density at radius 2 is 2.25 bits per heavy atom. The van der Waals surface area contributed by atoms with E-state index in [4.69, 9.17) is 17.3 Å². The number of aliphatic imine (C=N–C) groups is 1. The van der Waals surface area contributed by atoms with Gasteiger partial charge in [-0.05, 0) is 25.8 Å². The van der Waals surface area contributed by atoms with E-state index in [-0.39, 0.29) is 12.1 Å². The Bertz CT molecular complexity index is 402. The summed E-state index contributed by atoms with van der Waals surface area (Å²) < 4.78 is 0. The summed E-state index contributed by atoms with van der Waals surface area (Å²) in [6.07, 6.45) is 9.44. The fourth-order valence-electron chi connectivity index (χ4n) is 2.13. The van der Waals surface area contributed by atoms with Gasteiger partial charge in [-0.1, -0.05) is 41.5 Å². The van der Waals surface area contributed by atoms with Crippen LogP contribution in [0.4, 0.5) is 0 Å². The number of halogens is 1. The quantitative estimate of drug-likeness (QED) is 0.787. The topological polar surface area (TPSA) is 38.4 Å². The number of allylic oxidation sites excluding steroid dienone is 2. The second-order valence-electron chi connectivity index (χ2n) is 4.63. The van der Waals surface area contributed by atoms with Crippen LogP contribution >= 0.6 is 11.6 Å². The molecule has 1 aliphatic heterocycles. The van der Waals surface area contributed by atoms with Gasteiger partial charge in [-0.2, -0.15) is 0 Å². The molecule has 0 bridgehead atoms. The van der Waals surface area contributed by atoms with Gasteiger partial charge in [0.05, 0.1) is 6.04 Å². The predicted molar refractivity (Wildman–Crippen MR) is 69.8 cm³/mol. The van der Waals surface area contributed by atoms with E-state index in [2.05, 4.69) is 36.2 Å². The van der Waals surface area contributed by atoms with Crippen LogP contribution in [0, 0.1) is 5.92 Å². The first-order valence-corrected chi connectivity index (χ1v) is 6.00. The van der Waals surface area contributed by atoms with E-state index in [9.17, 15) is 0 Å². The summed E-state index contributed by atoms with van der Waals surface area (Å²) in [6.45, 7) is 4.09. The van der Waals surface area contributed by atoms with Gasteiger partial charge >= 0.3 is 0 Å². The van der Waals surface area contributed by atoms with Crippen molar-refractivity contribution in [2.45, 2.75) is 32.4 Å². The largest absolute Gasteiger partial charge is 0.328 e. The summed E-state index contributed by atoms with van der Waals surface area (Å²) >= 11 is 6.15. The zero-order valence-corrected chi connectivity index (χ0v) is 10.4. The second-order valence-corrected chi connectivity index (χ2v) is 4.99. The summed E-state index contributed by atoms with van der Waals surface area (Å²) in [6, 6.07) is 0.295. The molecule has 0 fully saturated rings. The number of nitrogens with two attached hydrogens (primary N) is 1. The van der Waals surface area contributed by atoms with E-state index in [0.717, 1.165) is 12.0 Å². The Kier molecular flexibility index (Phi) is 3.31. The van der Waals surface area contributed by atoms with Crippen LogP contribution in [0.25, 0.3) is 0 Å². The molecule has 0 saturated carbocycles.